The number of amides is 1. The standard InChI is InChI=1S/C18H16Cl2FNO/c19-13-7-8-17(21)15(11-13)18(23)22-9-3-5-14(22)10-12-4-1-2-6-16(12)20/h1-2,4,6-8,11,14H,3,5,9-10H2. The van der Waals surface area contributed by atoms with E-state index in [4.69, 9.17) is 23.2 Å². The second-order valence-electron chi connectivity index (χ2n) is 5.71. The lowest BCUT2D eigenvalue weighted by atomic mass is 10.0. The average molecular weight is 352 g/mol. The largest absolute Gasteiger partial charge is 0.335 e. The molecule has 0 aliphatic carbocycles. The Bertz CT molecular complexity index is 735. The van der Waals surface area contributed by atoms with Gasteiger partial charge >= 0.3 is 0 Å². The summed E-state index contributed by atoms with van der Waals surface area (Å²) < 4.78 is 14.0. The molecule has 1 saturated heterocycles. The van der Waals surface area contributed by atoms with Gasteiger partial charge < -0.3 is 4.90 Å². The van der Waals surface area contributed by atoms with Crippen LogP contribution in [0.5, 0.6) is 0 Å². The summed E-state index contributed by atoms with van der Waals surface area (Å²) in [6.07, 6.45) is 2.47. The zero-order chi connectivity index (χ0) is 16.4. The van der Waals surface area contributed by atoms with Crippen molar-refractivity contribution in [2.75, 3.05) is 6.54 Å². The fourth-order valence-electron chi connectivity index (χ4n) is 3.05. The number of benzene rings is 2. The molecule has 0 N–H and O–H groups in total. The van der Waals surface area contributed by atoms with Gasteiger partial charge in [0.2, 0.25) is 0 Å². The molecule has 1 atom stereocenters. The molecule has 0 spiro atoms. The van der Waals surface area contributed by atoms with Crippen molar-refractivity contribution in [1.82, 2.24) is 4.90 Å². The molecular weight excluding hydrogens is 336 g/mol. The minimum Gasteiger partial charge on any atom is -0.335 e. The lowest BCUT2D eigenvalue weighted by molar-refractivity contribution is 0.0732. The number of hydrogen-bond acceptors (Lipinski definition) is 1. The fourth-order valence-corrected chi connectivity index (χ4v) is 3.43. The Morgan fingerprint density at radius 3 is 2.78 bits per heavy atom. The van der Waals surface area contributed by atoms with Crippen LogP contribution >= 0.6 is 23.2 Å². The van der Waals surface area contributed by atoms with E-state index < -0.39 is 5.82 Å². The quantitative estimate of drug-likeness (QED) is 0.763. The van der Waals surface area contributed by atoms with Gasteiger partial charge in [0.25, 0.3) is 5.91 Å². The second kappa shape index (κ2) is 6.90. The summed E-state index contributed by atoms with van der Waals surface area (Å²) in [6.45, 7) is 0.625. The maximum atomic E-state index is 14.0. The van der Waals surface area contributed by atoms with Crippen molar-refractivity contribution in [1.29, 1.82) is 0 Å². The highest BCUT2D eigenvalue weighted by Gasteiger charge is 2.31. The molecule has 1 amide bonds. The highest BCUT2D eigenvalue weighted by molar-refractivity contribution is 6.31. The van der Waals surface area contributed by atoms with Crippen LogP contribution in [0.25, 0.3) is 0 Å². The molecule has 1 unspecified atom stereocenters. The first-order valence-electron chi connectivity index (χ1n) is 7.55. The molecule has 0 bridgehead atoms. The lowest BCUT2D eigenvalue weighted by Gasteiger charge is -2.25. The van der Waals surface area contributed by atoms with Crippen LogP contribution in [0.3, 0.4) is 0 Å². The van der Waals surface area contributed by atoms with Crippen molar-refractivity contribution in [3.8, 4) is 0 Å². The molecule has 1 fully saturated rings. The van der Waals surface area contributed by atoms with Crippen LogP contribution < -0.4 is 0 Å². The number of halogens is 3. The zero-order valence-electron chi connectivity index (χ0n) is 12.4. The molecular formula is C18H16Cl2FNO. The van der Waals surface area contributed by atoms with Gasteiger partial charge in [0, 0.05) is 22.6 Å². The van der Waals surface area contributed by atoms with Crippen molar-refractivity contribution in [3.63, 3.8) is 0 Å². The van der Waals surface area contributed by atoms with Gasteiger partial charge in [0.05, 0.1) is 5.56 Å². The zero-order valence-corrected chi connectivity index (χ0v) is 13.9. The number of likely N-dealkylation sites (tertiary alicyclic amines) is 1. The molecule has 2 aromatic carbocycles. The third-order valence-corrected chi connectivity index (χ3v) is 4.81. The number of rotatable bonds is 3. The molecule has 2 nitrogen and oxygen atoms in total. The topological polar surface area (TPSA) is 20.3 Å². The van der Waals surface area contributed by atoms with E-state index in [0.717, 1.165) is 18.4 Å². The number of nitrogens with zero attached hydrogens (tertiary/aromatic N) is 1. The molecule has 23 heavy (non-hydrogen) atoms. The van der Waals surface area contributed by atoms with Gasteiger partial charge in [-0.25, -0.2) is 4.39 Å². The Hall–Kier alpha value is -1.58. The highest BCUT2D eigenvalue weighted by atomic mass is 35.5. The van der Waals surface area contributed by atoms with E-state index in [1.807, 2.05) is 24.3 Å². The van der Waals surface area contributed by atoms with Crippen molar-refractivity contribution >= 4 is 29.1 Å². The molecule has 0 radical (unpaired) electrons. The van der Waals surface area contributed by atoms with Gasteiger partial charge in [0.1, 0.15) is 5.82 Å². The first-order chi connectivity index (χ1) is 11.1. The molecule has 1 aliphatic rings. The van der Waals surface area contributed by atoms with Crippen LogP contribution in [0.2, 0.25) is 10.0 Å². The minimum atomic E-state index is -0.539. The predicted octanol–water partition coefficient (Wildman–Crippen LogP) is 4.98. The minimum absolute atomic E-state index is 0.0285. The highest BCUT2D eigenvalue weighted by Crippen LogP contribution is 2.27. The summed E-state index contributed by atoms with van der Waals surface area (Å²) in [4.78, 5) is 14.4. The maximum Gasteiger partial charge on any atom is 0.257 e. The van der Waals surface area contributed by atoms with Gasteiger partial charge in [-0.1, -0.05) is 41.4 Å². The van der Waals surface area contributed by atoms with E-state index >= 15 is 0 Å². The Labute approximate surface area is 144 Å². The summed E-state index contributed by atoms with van der Waals surface area (Å²) in [7, 11) is 0. The summed E-state index contributed by atoms with van der Waals surface area (Å²) in [5.74, 6) is -0.845. The Morgan fingerprint density at radius 1 is 1.22 bits per heavy atom. The number of carbonyl (C=O) groups is 1. The predicted molar refractivity (Wildman–Crippen MR) is 90.6 cm³/mol. The number of carbonyl (C=O) groups excluding carboxylic acids is 1. The van der Waals surface area contributed by atoms with Crippen molar-refractivity contribution < 1.29 is 9.18 Å². The SMILES string of the molecule is O=C(c1cc(Cl)ccc1F)N1CCCC1Cc1ccccc1Cl. The van der Waals surface area contributed by atoms with Crippen LogP contribution in [0.15, 0.2) is 42.5 Å². The summed E-state index contributed by atoms with van der Waals surface area (Å²) >= 11 is 12.1. The molecule has 120 valence electrons. The van der Waals surface area contributed by atoms with Crippen LogP contribution in [0, 0.1) is 5.82 Å². The first-order valence-corrected chi connectivity index (χ1v) is 8.31. The third kappa shape index (κ3) is 3.51. The summed E-state index contributed by atoms with van der Waals surface area (Å²) in [5.41, 5.74) is 1.04. The van der Waals surface area contributed by atoms with Crippen LogP contribution in [-0.4, -0.2) is 23.4 Å². The smallest absolute Gasteiger partial charge is 0.257 e. The Balaban J connectivity index is 1.82. The van der Waals surface area contributed by atoms with Gasteiger partial charge in [-0.2, -0.15) is 0 Å². The van der Waals surface area contributed by atoms with E-state index in [0.29, 0.717) is 23.0 Å². The summed E-state index contributed by atoms with van der Waals surface area (Å²) in [6, 6.07) is 11.7. The van der Waals surface area contributed by atoms with Gasteiger partial charge in [0.15, 0.2) is 0 Å². The second-order valence-corrected chi connectivity index (χ2v) is 6.56. The van der Waals surface area contributed by atoms with Gasteiger partial charge in [-0.3, -0.25) is 4.79 Å². The molecule has 1 heterocycles. The van der Waals surface area contributed by atoms with Gasteiger partial charge in [-0.15, -0.1) is 0 Å². The maximum absolute atomic E-state index is 14.0. The average Bonchev–Trinajstić information content (AvgIpc) is 2.99. The Morgan fingerprint density at radius 2 is 2.00 bits per heavy atom. The van der Waals surface area contributed by atoms with Crippen LogP contribution in [-0.2, 0) is 6.42 Å². The van der Waals surface area contributed by atoms with Gasteiger partial charge in [-0.05, 0) is 49.1 Å². The molecule has 5 heteroatoms. The third-order valence-electron chi connectivity index (χ3n) is 4.21. The molecule has 3 rings (SSSR count). The number of hydrogen-bond donors (Lipinski definition) is 0. The van der Waals surface area contributed by atoms with Crippen LogP contribution in [0.4, 0.5) is 4.39 Å². The van der Waals surface area contributed by atoms with E-state index in [1.165, 1.54) is 18.2 Å². The van der Waals surface area contributed by atoms with Crippen molar-refractivity contribution in [2.24, 2.45) is 0 Å². The molecule has 0 aromatic heterocycles. The molecule has 2 aromatic rings. The normalized spacial score (nSPS) is 17.5. The lowest BCUT2D eigenvalue weighted by Crippen LogP contribution is -2.37. The monoisotopic (exact) mass is 351 g/mol. The Kier molecular flexibility index (Phi) is 4.88. The van der Waals surface area contributed by atoms with Crippen molar-refractivity contribution in [2.45, 2.75) is 25.3 Å². The fraction of sp³-hybridized carbons (Fsp3) is 0.278. The van der Waals surface area contributed by atoms with E-state index in [9.17, 15) is 9.18 Å². The van der Waals surface area contributed by atoms with Crippen molar-refractivity contribution in [3.05, 3.63) is 69.5 Å². The summed E-state index contributed by atoms with van der Waals surface area (Å²) in [5, 5.41) is 1.05. The van der Waals surface area contributed by atoms with E-state index in [2.05, 4.69) is 0 Å². The molecule has 0 saturated carbocycles. The van der Waals surface area contributed by atoms with E-state index in [1.54, 1.807) is 4.90 Å². The van der Waals surface area contributed by atoms with E-state index in [-0.39, 0.29) is 17.5 Å². The van der Waals surface area contributed by atoms with Crippen LogP contribution in [0.1, 0.15) is 28.8 Å². The molecule has 1 aliphatic heterocycles. The first kappa shape index (κ1) is 16.3.